The number of nitrogens with zero attached hydrogens (tertiary/aromatic N) is 2. The van der Waals surface area contributed by atoms with Gasteiger partial charge >= 0.3 is 0 Å². The van der Waals surface area contributed by atoms with Gasteiger partial charge in [-0.2, -0.15) is 0 Å². The van der Waals surface area contributed by atoms with Crippen molar-refractivity contribution < 1.29 is 0 Å². The van der Waals surface area contributed by atoms with Crippen molar-refractivity contribution in [3.63, 3.8) is 0 Å². The number of rotatable bonds is 3. The van der Waals surface area contributed by atoms with Crippen molar-refractivity contribution in [3.8, 4) is 0 Å². The molecule has 0 spiro atoms. The smallest absolute Gasteiger partial charge is 0.0540 e. The first-order valence-electron chi connectivity index (χ1n) is 14.4. The van der Waals surface area contributed by atoms with E-state index in [-0.39, 0.29) is 0 Å². The van der Waals surface area contributed by atoms with E-state index in [0.717, 1.165) is 6.42 Å². The lowest BCUT2D eigenvalue weighted by atomic mass is 9.86. The van der Waals surface area contributed by atoms with Gasteiger partial charge in [0, 0.05) is 35.2 Å². The average Bonchev–Trinajstić information content (AvgIpc) is 3.69. The van der Waals surface area contributed by atoms with E-state index in [0.29, 0.717) is 11.3 Å². The van der Waals surface area contributed by atoms with Crippen LogP contribution in [0.25, 0.3) is 32.3 Å². The number of allylic oxidation sites excluding steroid dienone is 3. The van der Waals surface area contributed by atoms with E-state index in [1.54, 1.807) is 5.57 Å². The van der Waals surface area contributed by atoms with Crippen LogP contribution in [0, 0.1) is 11.3 Å². The van der Waals surface area contributed by atoms with Crippen LogP contribution in [0.15, 0.2) is 127 Å². The molecule has 0 bridgehead atoms. The Morgan fingerprint density at radius 2 is 1.50 bits per heavy atom. The lowest BCUT2D eigenvalue weighted by Crippen LogP contribution is -2.26. The van der Waals surface area contributed by atoms with Gasteiger partial charge in [0.25, 0.3) is 0 Å². The molecule has 2 unspecified atom stereocenters. The zero-order valence-electron chi connectivity index (χ0n) is 22.9. The van der Waals surface area contributed by atoms with E-state index in [1.807, 2.05) is 0 Å². The van der Waals surface area contributed by atoms with Crippen molar-refractivity contribution >= 4 is 55.1 Å². The molecule has 40 heavy (non-hydrogen) atoms. The van der Waals surface area contributed by atoms with Crippen molar-refractivity contribution in [2.45, 2.75) is 19.8 Å². The molecule has 3 aliphatic rings. The zero-order chi connectivity index (χ0) is 26.6. The van der Waals surface area contributed by atoms with Crippen LogP contribution in [0.5, 0.6) is 0 Å². The molecular weight excluding hydrogens is 484 g/mol. The summed E-state index contributed by atoms with van der Waals surface area (Å²) >= 11 is 0. The summed E-state index contributed by atoms with van der Waals surface area (Å²) in [5.74, 6) is 0.689. The number of anilines is 4. The Balaban J connectivity index is 1.25. The molecule has 1 aliphatic heterocycles. The van der Waals surface area contributed by atoms with E-state index < -0.39 is 0 Å². The molecule has 192 valence electrons. The highest BCUT2D eigenvalue weighted by Crippen LogP contribution is 2.62. The van der Waals surface area contributed by atoms with E-state index in [2.05, 4.69) is 139 Å². The second kappa shape index (κ2) is 7.76. The van der Waals surface area contributed by atoms with Gasteiger partial charge < -0.3 is 9.80 Å². The summed E-state index contributed by atoms with van der Waals surface area (Å²) < 4.78 is 0. The minimum absolute atomic E-state index is 0.368. The van der Waals surface area contributed by atoms with Crippen molar-refractivity contribution in [1.82, 2.24) is 0 Å². The third-order valence-electron chi connectivity index (χ3n) is 9.84. The molecular formula is C38H30N2. The monoisotopic (exact) mass is 514 g/mol. The predicted molar refractivity (Wildman–Crippen MR) is 169 cm³/mol. The molecule has 0 amide bonds. The first-order valence-corrected chi connectivity index (χ1v) is 14.4. The fourth-order valence-electron chi connectivity index (χ4n) is 7.62. The van der Waals surface area contributed by atoms with Crippen LogP contribution in [0.3, 0.4) is 0 Å². The third-order valence-corrected chi connectivity index (χ3v) is 9.84. The molecule has 9 rings (SSSR count). The second-order valence-corrected chi connectivity index (χ2v) is 12.2. The van der Waals surface area contributed by atoms with Crippen LogP contribution in [-0.4, -0.2) is 7.05 Å². The van der Waals surface area contributed by atoms with Gasteiger partial charge in [-0.1, -0.05) is 79.7 Å². The summed E-state index contributed by atoms with van der Waals surface area (Å²) in [7, 11) is 2.23. The third kappa shape index (κ3) is 2.99. The van der Waals surface area contributed by atoms with Crippen LogP contribution >= 0.6 is 0 Å². The van der Waals surface area contributed by atoms with Crippen LogP contribution in [0.1, 0.15) is 18.9 Å². The maximum absolute atomic E-state index is 2.46. The maximum atomic E-state index is 2.46. The van der Waals surface area contributed by atoms with Crippen molar-refractivity contribution in [2.24, 2.45) is 11.3 Å². The largest absolute Gasteiger partial charge is 0.344 e. The Morgan fingerprint density at radius 3 is 2.33 bits per heavy atom. The molecule has 2 atom stereocenters. The van der Waals surface area contributed by atoms with Crippen LogP contribution in [0.4, 0.5) is 22.7 Å². The first kappa shape index (κ1) is 22.3. The molecule has 0 radical (unpaired) electrons. The van der Waals surface area contributed by atoms with Gasteiger partial charge in [0.15, 0.2) is 0 Å². The fraction of sp³-hybridized carbons (Fsp3) is 0.158. The van der Waals surface area contributed by atoms with Crippen LogP contribution in [-0.2, 0) is 6.42 Å². The van der Waals surface area contributed by atoms with E-state index >= 15 is 0 Å². The molecule has 1 fully saturated rings. The molecule has 1 saturated carbocycles. The van der Waals surface area contributed by atoms with Crippen molar-refractivity contribution in [1.29, 1.82) is 0 Å². The minimum Gasteiger partial charge on any atom is -0.344 e. The number of hydrogen-bond donors (Lipinski definition) is 0. The molecule has 6 aromatic carbocycles. The number of benzene rings is 6. The summed E-state index contributed by atoms with van der Waals surface area (Å²) in [6.45, 7) is 2.41. The van der Waals surface area contributed by atoms with Crippen LogP contribution in [0.2, 0.25) is 0 Å². The number of para-hydroxylation sites is 1. The van der Waals surface area contributed by atoms with E-state index in [1.165, 1.54) is 72.7 Å². The Morgan fingerprint density at radius 1 is 0.750 bits per heavy atom. The molecule has 2 aliphatic carbocycles. The molecule has 1 heterocycles. The van der Waals surface area contributed by atoms with Crippen molar-refractivity contribution in [3.05, 3.63) is 132 Å². The second-order valence-electron chi connectivity index (χ2n) is 12.2. The Kier molecular flexibility index (Phi) is 4.32. The highest BCUT2D eigenvalue weighted by molar-refractivity contribution is 6.25. The topological polar surface area (TPSA) is 6.48 Å². The quantitative estimate of drug-likeness (QED) is 0.217. The summed E-state index contributed by atoms with van der Waals surface area (Å²) in [6.07, 6.45) is 7.13. The lowest BCUT2D eigenvalue weighted by Gasteiger charge is -2.35. The minimum atomic E-state index is 0.368. The number of likely N-dealkylation sites (N-methyl/N-ethyl adjacent to an activating group) is 1. The summed E-state index contributed by atoms with van der Waals surface area (Å²) in [6, 6.07) is 38.3. The highest BCUT2D eigenvalue weighted by Gasteiger charge is 2.53. The van der Waals surface area contributed by atoms with Gasteiger partial charge in [0.05, 0.1) is 5.69 Å². The normalized spacial score (nSPS) is 21.1. The van der Waals surface area contributed by atoms with Gasteiger partial charge in [0.1, 0.15) is 0 Å². The molecule has 0 N–H and O–H groups in total. The van der Waals surface area contributed by atoms with Gasteiger partial charge in [-0.3, -0.25) is 0 Å². The standard InChI is InChI=1S/C38H30N2/c1-38-20-19-34-31(32(38)23-38)22-27-21-29(15-18-33(27)39(34)2)40(28-9-4-3-5-10-28)35-17-14-26-12-11-24-7-6-8-25-13-16-30(35)37(26)36(24)25/h3-21,32H,22-23H2,1-2H3. The maximum Gasteiger partial charge on any atom is 0.0540 e. The van der Waals surface area contributed by atoms with Crippen molar-refractivity contribution in [2.75, 3.05) is 16.8 Å². The van der Waals surface area contributed by atoms with Crippen LogP contribution < -0.4 is 9.80 Å². The first-order chi connectivity index (χ1) is 19.6. The Hall–Kier alpha value is -4.56. The average molecular weight is 515 g/mol. The summed E-state index contributed by atoms with van der Waals surface area (Å²) in [4.78, 5) is 4.87. The van der Waals surface area contributed by atoms with E-state index in [4.69, 9.17) is 0 Å². The summed E-state index contributed by atoms with van der Waals surface area (Å²) in [5.41, 5.74) is 9.74. The molecule has 0 saturated heterocycles. The van der Waals surface area contributed by atoms with Gasteiger partial charge in [-0.05, 0) is 105 Å². The van der Waals surface area contributed by atoms with Gasteiger partial charge in [0.2, 0.25) is 0 Å². The summed E-state index contributed by atoms with van der Waals surface area (Å²) in [5, 5.41) is 7.89. The fourth-order valence-corrected chi connectivity index (χ4v) is 7.62. The van der Waals surface area contributed by atoms with Gasteiger partial charge in [-0.15, -0.1) is 0 Å². The Bertz CT molecular complexity index is 2030. The predicted octanol–water partition coefficient (Wildman–Crippen LogP) is 9.90. The van der Waals surface area contributed by atoms with Gasteiger partial charge in [-0.25, -0.2) is 0 Å². The molecule has 2 nitrogen and oxygen atoms in total. The SMILES string of the molecule is CN1C2=C(Cc3cc(N(c4ccccc4)c4ccc5ccc6cccc7ccc4c5c67)ccc31)C1CC1(C)C=C2. The Labute approximate surface area is 234 Å². The number of fused-ring (bicyclic) bond motifs is 3. The number of hydrogen-bond acceptors (Lipinski definition) is 2. The van der Waals surface area contributed by atoms with E-state index in [9.17, 15) is 0 Å². The lowest BCUT2D eigenvalue weighted by molar-refractivity contribution is 0.647. The molecule has 0 aromatic heterocycles. The molecule has 6 aromatic rings. The highest BCUT2D eigenvalue weighted by atomic mass is 15.2. The zero-order valence-corrected chi connectivity index (χ0v) is 22.9. The molecule has 2 heteroatoms.